The largest absolute Gasteiger partial charge is 0.481 e. The van der Waals surface area contributed by atoms with Crippen molar-refractivity contribution >= 4 is 17.8 Å². The van der Waals surface area contributed by atoms with Crippen LogP contribution >= 0.6 is 0 Å². The zero-order valence-electron chi connectivity index (χ0n) is 11.6. The second-order valence-electron chi connectivity index (χ2n) is 4.70. The molecule has 0 saturated carbocycles. The third kappa shape index (κ3) is 10.3. The van der Waals surface area contributed by atoms with Gasteiger partial charge in [-0.25, -0.2) is 4.79 Å². The van der Waals surface area contributed by atoms with Crippen LogP contribution in [0.4, 0.5) is 0 Å². The van der Waals surface area contributed by atoms with Crippen LogP contribution in [0.2, 0.25) is 0 Å². The van der Waals surface area contributed by atoms with E-state index in [1.165, 1.54) is 0 Å². The molecule has 0 spiro atoms. The van der Waals surface area contributed by atoms with E-state index in [-0.39, 0.29) is 25.2 Å². The number of unbranched alkanes of at least 4 members (excludes halogenated alkanes) is 4. The molecule has 0 saturated heterocycles. The van der Waals surface area contributed by atoms with Crippen molar-refractivity contribution in [3.8, 4) is 0 Å². The average Bonchev–Trinajstić information content (AvgIpc) is 2.38. The summed E-state index contributed by atoms with van der Waals surface area (Å²) in [6.45, 7) is 0.671. The van der Waals surface area contributed by atoms with Gasteiger partial charge < -0.3 is 21.3 Å². The number of aliphatic carboxylic acids is 2. The van der Waals surface area contributed by atoms with Gasteiger partial charge in [-0.3, -0.25) is 9.59 Å². The summed E-state index contributed by atoms with van der Waals surface area (Å²) in [4.78, 5) is 32.8. The van der Waals surface area contributed by atoms with Gasteiger partial charge in [0.05, 0.1) is 0 Å². The second-order valence-corrected chi connectivity index (χ2v) is 4.70. The van der Waals surface area contributed by atoms with Gasteiger partial charge >= 0.3 is 11.9 Å². The summed E-state index contributed by atoms with van der Waals surface area (Å²) in [5.41, 5.74) is 5.36. The molecule has 7 nitrogen and oxygen atoms in total. The zero-order valence-corrected chi connectivity index (χ0v) is 11.6. The molecule has 20 heavy (non-hydrogen) atoms. The van der Waals surface area contributed by atoms with Crippen LogP contribution in [0.25, 0.3) is 0 Å². The molecule has 0 aromatic carbocycles. The van der Waals surface area contributed by atoms with E-state index in [4.69, 9.17) is 15.9 Å². The van der Waals surface area contributed by atoms with E-state index in [0.717, 1.165) is 25.7 Å². The summed E-state index contributed by atoms with van der Waals surface area (Å²) < 4.78 is 0. The van der Waals surface area contributed by atoms with Gasteiger partial charge in [-0.05, 0) is 25.8 Å². The summed E-state index contributed by atoms with van der Waals surface area (Å²) in [5, 5.41) is 19.7. The predicted octanol–water partition coefficient (Wildman–Crippen LogP) is 0.720. The van der Waals surface area contributed by atoms with Crippen molar-refractivity contribution in [2.24, 2.45) is 5.73 Å². The van der Waals surface area contributed by atoms with Crippen LogP contribution < -0.4 is 11.1 Å². The normalized spacial score (nSPS) is 11.8. The van der Waals surface area contributed by atoms with E-state index in [1.807, 2.05) is 0 Å². The average molecular weight is 288 g/mol. The van der Waals surface area contributed by atoms with Crippen LogP contribution in [0.15, 0.2) is 0 Å². The van der Waals surface area contributed by atoms with Gasteiger partial charge in [0.1, 0.15) is 6.04 Å². The minimum absolute atomic E-state index is 0.104. The fourth-order valence-electron chi connectivity index (χ4n) is 1.75. The number of nitrogens with two attached hydrogens (primary N) is 1. The first-order valence-electron chi connectivity index (χ1n) is 6.91. The first-order chi connectivity index (χ1) is 9.47. The lowest BCUT2D eigenvalue weighted by Gasteiger charge is -2.13. The number of carboxylic acids is 2. The monoisotopic (exact) mass is 288 g/mol. The van der Waals surface area contributed by atoms with Crippen LogP contribution in [0.5, 0.6) is 0 Å². The molecule has 7 heteroatoms. The van der Waals surface area contributed by atoms with Crippen molar-refractivity contribution in [2.75, 3.05) is 6.54 Å². The van der Waals surface area contributed by atoms with Crippen molar-refractivity contribution < 1.29 is 24.6 Å². The van der Waals surface area contributed by atoms with Crippen molar-refractivity contribution in [1.29, 1.82) is 0 Å². The molecule has 0 fully saturated rings. The van der Waals surface area contributed by atoms with E-state index in [9.17, 15) is 14.4 Å². The maximum absolute atomic E-state index is 11.5. The first kappa shape index (κ1) is 18.4. The fourth-order valence-corrected chi connectivity index (χ4v) is 1.75. The van der Waals surface area contributed by atoms with E-state index < -0.39 is 18.0 Å². The Morgan fingerprint density at radius 3 is 2.10 bits per heavy atom. The Labute approximate surface area is 118 Å². The summed E-state index contributed by atoms with van der Waals surface area (Å²) in [6, 6.07) is -1.13. The lowest BCUT2D eigenvalue weighted by Crippen LogP contribution is -2.41. The molecule has 0 aromatic rings. The molecule has 5 N–H and O–H groups in total. The molecule has 0 aliphatic rings. The Morgan fingerprint density at radius 2 is 1.55 bits per heavy atom. The predicted molar refractivity (Wildman–Crippen MR) is 73.2 cm³/mol. The number of carbonyl (C=O) groups excluding carboxylic acids is 1. The maximum atomic E-state index is 11.5. The lowest BCUT2D eigenvalue weighted by atomic mass is 10.1. The minimum atomic E-state index is -1.21. The molecule has 0 unspecified atom stereocenters. The highest BCUT2D eigenvalue weighted by atomic mass is 16.4. The van der Waals surface area contributed by atoms with Crippen LogP contribution in [0.1, 0.15) is 51.4 Å². The quantitative estimate of drug-likeness (QED) is 0.391. The second kappa shape index (κ2) is 11.2. The summed E-state index contributed by atoms with van der Waals surface area (Å²) in [7, 11) is 0. The third-order valence-electron chi connectivity index (χ3n) is 2.89. The lowest BCUT2D eigenvalue weighted by molar-refractivity contribution is -0.143. The topological polar surface area (TPSA) is 130 Å². The molecule has 0 aliphatic heterocycles. The van der Waals surface area contributed by atoms with Crippen molar-refractivity contribution in [1.82, 2.24) is 5.32 Å². The molecular weight excluding hydrogens is 264 g/mol. The summed E-state index contributed by atoms with van der Waals surface area (Å²) in [5.74, 6) is -2.63. The number of rotatable bonds is 12. The molecular formula is C13H24N2O5. The number of hydrogen-bond donors (Lipinski definition) is 4. The standard InChI is InChI=1S/C13H24N2O5/c14-9-5-3-1-2-4-6-11(16)15-10(13(19)20)7-8-12(17)18/h10H,1-9,14H2,(H,15,16)(H,17,18)(H,19,20)/t10-/m0/s1. The van der Waals surface area contributed by atoms with E-state index >= 15 is 0 Å². The Balaban J connectivity index is 3.84. The van der Waals surface area contributed by atoms with Gasteiger partial charge in [-0.2, -0.15) is 0 Å². The minimum Gasteiger partial charge on any atom is -0.481 e. The maximum Gasteiger partial charge on any atom is 0.326 e. The molecule has 0 heterocycles. The number of carboxylic acid groups (broad SMARTS) is 2. The number of carbonyl (C=O) groups is 3. The number of nitrogens with one attached hydrogen (secondary N) is 1. The van der Waals surface area contributed by atoms with Crippen molar-refractivity contribution in [2.45, 2.75) is 57.4 Å². The Kier molecular flexibility index (Phi) is 10.3. The first-order valence-corrected chi connectivity index (χ1v) is 6.91. The van der Waals surface area contributed by atoms with Crippen LogP contribution in [0.3, 0.4) is 0 Å². The van der Waals surface area contributed by atoms with E-state index in [1.54, 1.807) is 0 Å². The van der Waals surface area contributed by atoms with Crippen molar-refractivity contribution in [3.63, 3.8) is 0 Å². The molecule has 1 atom stereocenters. The SMILES string of the molecule is NCCCCCCCC(=O)N[C@@H](CCC(=O)O)C(=O)O. The smallest absolute Gasteiger partial charge is 0.326 e. The Morgan fingerprint density at radius 1 is 0.950 bits per heavy atom. The van der Waals surface area contributed by atoms with Gasteiger partial charge in [-0.1, -0.05) is 19.3 Å². The van der Waals surface area contributed by atoms with Crippen LogP contribution in [0, 0.1) is 0 Å². The highest BCUT2D eigenvalue weighted by Gasteiger charge is 2.20. The molecule has 0 aliphatic carbocycles. The number of hydrogen-bond acceptors (Lipinski definition) is 4. The molecule has 116 valence electrons. The van der Waals surface area contributed by atoms with Gasteiger partial charge in [-0.15, -0.1) is 0 Å². The van der Waals surface area contributed by atoms with Crippen LogP contribution in [-0.2, 0) is 14.4 Å². The van der Waals surface area contributed by atoms with Crippen LogP contribution in [-0.4, -0.2) is 40.6 Å². The van der Waals surface area contributed by atoms with E-state index in [0.29, 0.717) is 13.0 Å². The van der Waals surface area contributed by atoms with Gasteiger partial charge in [0.15, 0.2) is 0 Å². The third-order valence-corrected chi connectivity index (χ3v) is 2.89. The molecule has 1 amide bonds. The van der Waals surface area contributed by atoms with Gasteiger partial charge in [0.25, 0.3) is 0 Å². The summed E-state index contributed by atoms with van der Waals surface area (Å²) in [6.07, 6.45) is 4.49. The van der Waals surface area contributed by atoms with Gasteiger partial charge in [0.2, 0.25) is 5.91 Å². The van der Waals surface area contributed by atoms with Crippen molar-refractivity contribution in [3.05, 3.63) is 0 Å². The zero-order chi connectivity index (χ0) is 15.4. The van der Waals surface area contributed by atoms with E-state index in [2.05, 4.69) is 5.32 Å². The molecule has 0 bridgehead atoms. The number of amides is 1. The molecule has 0 aromatic heterocycles. The molecule has 0 radical (unpaired) electrons. The highest BCUT2D eigenvalue weighted by molar-refractivity contribution is 5.83. The highest BCUT2D eigenvalue weighted by Crippen LogP contribution is 2.05. The summed E-state index contributed by atoms with van der Waals surface area (Å²) >= 11 is 0. The molecule has 0 rings (SSSR count). The van der Waals surface area contributed by atoms with Gasteiger partial charge in [0, 0.05) is 12.8 Å². The Bertz CT molecular complexity index is 320. The fraction of sp³-hybridized carbons (Fsp3) is 0.769. The Hall–Kier alpha value is -1.63.